The van der Waals surface area contributed by atoms with Crippen molar-refractivity contribution in [1.29, 1.82) is 0 Å². The van der Waals surface area contributed by atoms with Crippen LogP contribution in [0.5, 0.6) is 0 Å². The Bertz CT molecular complexity index is 407. The van der Waals surface area contributed by atoms with Gasteiger partial charge in [0, 0.05) is 12.0 Å². The summed E-state index contributed by atoms with van der Waals surface area (Å²) >= 11 is 0. The molecule has 19 heavy (non-hydrogen) atoms. The molecule has 1 aromatic rings. The van der Waals surface area contributed by atoms with E-state index in [1.54, 1.807) is 0 Å². The van der Waals surface area contributed by atoms with Crippen LogP contribution in [0.4, 0.5) is 0 Å². The first kappa shape index (κ1) is 13.1. The first-order chi connectivity index (χ1) is 9.29. The summed E-state index contributed by atoms with van der Waals surface area (Å²) in [7, 11) is 0. The van der Waals surface area contributed by atoms with E-state index in [1.807, 2.05) is 0 Å². The largest absolute Gasteiger partial charge is 0.375 e. The lowest BCUT2D eigenvalue weighted by Crippen LogP contribution is -2.46. The van der Waals surface area contributed by atoms with Gasteiger partial charge in [0.15, 0.2) is 0 Å². The number of ether oxygens (including phenoxy) is 1. The SMILES string of the molecule is NCC[C@@]1(c2ccccc2)CCOC2(CCCC2)C1. The van der Waals surface area contributed by atoms with Crippen molar-refractivity contribution in [1.82, 2.24) is 0 Å². The quantitative estimate of drug-likeness (QED) is 0.903. The van der Waals surface area contributed by atoms with Gasteiger partial charge in [-0.3, -0.25) is 0 Å². The molecule has 1 aliphatic heterocycles. The molecular weight excluding hydrogens is 234 g/mol. The average molecular weight is 259 g/mol. The summed E-state index contributed by atoms with van der Waals surface area (Å²) in [4.78, 5) is 0. The minimum absolute atomic E-state index is 0.156. The van der Waals surface area contributed by atoms with Crippen LogP contribution in [0.15, 0.2) is 30.3 Å². The molecule has 3 rings (SSSR count). The second-order valence-corrected chi connectivity index (χ2v) is 6.35. The van der Waals surface area contributed by atoms with Crippen LogP contribution < -0.4 is 5.73 Å². The maximum Gasteiger partial charge on any atom is 0.0691 e. The fraction of sp³-hybridized carbons (Fsp3) is 0.647. The van der Waals surface area contributed by atoms with E-state index in [1.165, 1.54) is 37.7 Å². The van der Waals surface area contributed by atoms with Crippen molar-refractivity contribution in [3.8, 4) is 0 Å². The van der Waals surface area contributed by atoms with Crippen molar-refractivity contribution in [2.75, 3.05) is 13.2 Å². The minimum atomic E-state index is 0.156. The molecule has 1 atom stereocenters. The highest BCUT2D eigenvalue weighted by Gasteiger charge is 2.47. The van der Waals surface area contributed by atoms with E-state index in [-0.39, 0.29) is 11.0 Å². The maximum absolute atomic E-state index is 6.21. The van der Waals surface area contributed by atoms with E-state index in [4.69, 9.17) is 10.5 Å². The molecule has 1 saturated heterocycles. The molecule has 1 spiro atoms. The van der Waals surface area contributed by atoms with Gasteiger partial charge in [0.25, 0.3) is 0 Å². The van der Waals surface area contributed by atoms with Crippen molar-refractivity contribution >= 4 is 0 Å². The molecule has 104 valence electrons. The van der Waals surface area contributed by atoms with Gasteiger partial charge in [-0.25, -0.2) is 0 Å². The van der Waals surface area contributed by atoms with Gasteiger partial charge in [0.05, 0.1) is 5.60 Å². The molecule has 2 aliphatic rings. The summed E-state index contributed by atoms with van der Waals surface area (Å²) in [5, 5.41) is 0. The van der Waals surface area contributed by atoms with Crippen LogP contribution in [-0.4, -0.2) is 18.8 Å². The Labute approximate surface area is 116 Å². The Kier molecular flexibility index (Phi) is 3.64. The molecule has 1 aliphatic carbocycles. The molecule has 2 fully saturated rings. The number of hydrogen-bond acceptors (Lipinski definition) is 2. The van der Waals surface area contributed by atoms with Crippen LogP contribution in [-0.2, 0) is 10.2 Å². The van der Waals surface area contributed by atoms with Crippen LogP contribution in [0.25, 0.3) is 0 Å². The lowest BCUT2D eigenvalue weighted by Gasteiger charge is -2.47. The smallest absolute Gasteiger partial charge is 0.0691 e. The zero-order valence-corrected chi connectivity index (χ0v) is 11.7. The van der Waals surface area contributed by atoms with E-state index in [2.05, 4.69) is 30.3 Å². The second-order valence-electron chi connectivity index (χ2n) is 6.35. The third kappa shape index (κ3) is 2.44. The van der Waals surface area contributed by atoms with Crippen molar-refractivity contribution in [2.24, 2.45) is 5.73 Å². The van der Waals surface area contributed by atoms with Gasteiger partial charge in [-0.2, -0.15) is 0 Å². The van der Waals surface area contributed by atoms with Gasteiger partial charge < -0.3 is 10.5 Å². The Morgan fingerprint density at radius 3 is 2.47 bits per heavy atom. The van der Waals surface area contributed by atoms with Crippen molar-refractivity contribution in [3.05, 3.63) is 35.9 Å². The van der Waals surface area contributed by atoms with E-state index in [0.29, 0.717) is 0 Å². The number of nitrogens with two attached hydrogens (primary N) is 1. The molecule has 1 heterocycles. The molecular formula is C17H25NO. The van der Waals surface area contributed by atoms with Crippen molar-refractivity contribution < 1.29 is 4.74 Å². The normalized spacial score (nSPS) is 29.7. The van der Waals surface area contributed by atoms with Gasteiger partial charge in [0.1, 0.15) is 0 Å². The third-order valence-corrected chi connectivity index (χ3v) is 5.17. The Morgan fingerprint density at radius 1 is 1.05 bits per heavy atom. The fourth-order valence-electron chi connectivity index (χ4n) is 4.23. The molecule has 2 N–H and O–H groups in total. The van der Waals surface area contributed by atoms with E-state index >= 15 is 0 Å². The minimum Gasteiger partial charge on any atom is -0.375 e. The van der Waals surface area contributed by atoms with Gasteiger partial charge in [0.2, 0.25) is 0 Å². The summed E-state index contributed by atoms with van der Waals surface area (Å²) < 4.78 is 6.21. The third-order valence-electron chi connectivity index (χ3n) is 5.17. The highest BCUT2D eigenvalue weighted by molar-refractivity contribution is 5.27. The first-order valence-electron chi connectivity index (χ1n) is 7.68. The molecule has 0 unspecified atom stereocenters. The standard InChI is InChI=1S/C17H25NO/c18-12-10-16(15-6-2-1-3-7-15)11-13-19-17(14-16)8-4-5-9-17/h1-3,6-7H,4-5,8-14,18H2/t16-/m1/s1. The van der Waals surface area contributed by atoms with Crippen LogP contribution in [0.3, 0.4) is 0 Å². The molecule has 2 heteroatoms. The van der Waals surface area contributed by atoms with Gasteiger partial charge in [-0.05, 0) is 44.2 Å². The van der Waals surface area contributed by atoms with Crippen LogP contribution >= 0.6 is 0 Å². The molecule has 1 saturated carbocycles. The van der Waals surface area contributed by atoms with Gasteiger partial charge >= 0.3 is 0 Å². The Morgan fingerprint density at radius 2 is 1.79 bits per heavy atom. The molecule has 2 nitrogen and oxygen atoms in total. The van der Waals surface area contributed by atoms with E-state index in [0.717, 1.165) is 26.0 Å². The predicted molar refractivity (Wildman–Crippen MR) is 78.2 cm³/mol. The van der Waals surface area contributed by atoms with Crippen molar-refractivity contribution in [3.63, 3.8) is 0 Å². The van der Waals surface area contributed by atoms with Gasteiger partial charge in [-0.1, -0.05) is 43.2 Å². The summed E-state index contributed by atoms with van der Waals surface area (Å²) in [6, 6.07) is 11.0. The molecule has 0 radical (unpaired) electrons. The zero-order valence-electron chi connectivity index (χ0n) is 11.7. The second kappa shape index (κ2) is 5.26. The number of hydrogen-bond donors (Lipinski definition) is 1. The fourth-order valence-corrected chi connectivity index (χ4v) is 4.23. The molecule has 0 bridgehead atoms. The van der Waals surface area contributed by atoms with Crippen LogP contribution in [0.2, 0.25) is 0 Å². The number of rotatable bonds is 3. The summed E-state index contributed by atoms with van der Waals surface area (Å²) in [5.74, 6) is 0. The monoisotopic (exact) mass is 259 g/mol. The average Bonchev–Trinajstić information content (AvgIpc) is 2.88. The lowest BCUT2D eigenvalue weighted by atomic mass is 9.66. The van der Waals surface area contributed by atoms with Crippen molar-refractivity contribution in [2.45, 2.75) is 56.0 Å². The van der Waals surface area contributed by atoms with Crippen LogP contribution in [0, 0.1) is 0 Å². The van der Waals surface area contributed by atoms with E-state index < -0.39 is 0 Å². The van der Waals surface area contributed by atoms with E-state index in [9.17, 15) is 0 Å². The molecule has 1 aromatic carbocycles. The predicted octanol–water partition coefficient (Wildman–Crippen LogP) is 3.40. The topological polar surface area (TPSA) is 35.2 Å². The first-order valence-corrected chi connectivity index (χ1v) is 7.68. The zero-order chi connectivity index (χ0) is 13.2. The van der Waals surface area contributed by atoms with Crippen LogP contribution in [0.1, 0.15) is 50.5 Å². The maximum atomic E-state index is 6.21. The highest BCUT2D eigenvalue weighted by Crippen LogP contribution is 2.49. The lowest BCUT2D eigenvalue weighted by molar-refractivity contribution is -0.103. The Balaban J connectivity index is 1.92. The summed E-state index contributed by atoms with van der Waals surface area (Å²) in [6.45, 7) is 1.67. The number of benzene rings is 1. The van der Waals surface area contributed by atoms with Gasteiger partial charge in [-0.15, -0.1) is 0 Å². The summed E-state index contributed by atoms with van der Waals surface area (Å²) in [5.41, 5.74) is 7.80. The molecule has 0 amide bonds. The summed E-state index contributed by atoms with van der Waals surface area (Å²) in [6.07, 6.45) is 8.51. The molecule has 0 aromatic heterocycles. The highest BCUT2D eigenvalue weighted by atomic mass is 16.5. The Hall–Kier alpha value is -0.860.